The first-order chi connectivity index (χ1) is 7.90. The predicted molar refractivity (Wildman–Crippen MR) is 70.0 cm³/mol. The molecule has 0 bridgehead atoms. The van der Waals surface area contributed by atoms with Gasteiger partial charge in [0.15, 0.2) is 0 Å². The summed E-state index contributed by atoms with van der Waals surface area (Å²) in [5.74, 6) is 0. The molecule has 1 heteroatoms. The van der Waals surface area contributed by atoms with Crippen LogP contribution in [0.15, 0.2) is 60.7 Å². The average Bonchev–Trinajstić information content (AvgIpc) is 2.38. The van der Waals surface area contributed by atoms with E-state index in [1.807, 2.05) is 18.2 Å². The molecule has 0 atom stereocenters. The van der Waals surface area contributed by atoms with Gasteiger partial charge in [0, 0.05) is 6.54 Å². The molecule has 0 fully saturated rings. The number of nitrogens with two attached hydrogens (primary N) is 1. The molecule has 0 heterocycles. The minimum Gasteiger partial charge on any atom is -0.327 e. The molecule has 2 aromatic carbocycles. The van der Waals surface area contributed by atoms with Crippen molar-refractivity contribution in [2.45, 2.75) is 0 Å². The zero-order chi connectivity index (χ0) is 11.2. The fourth-order valence-corrected chi connectivity index (χ4v) is 1.62. The Kier molecular flexibility index (Phi) is 3.52. The summed E-state index contributed by atoms with van der Waals surface area (Å²) in [6, 6.07) is 18.8. The van der Waals surface area contributed by atoms with Gasteiger partial charge in [-0.3, -0.25) is 0 Å². The van der Waals surface area contributed by atoms with E-state index >= 15 is 0 Å². The van der Waals surface area contributed by atoms with E-state index in [1.54, 1.807) is 0 Å². The lowest BCUT2D eigenvalue weighted by Gasteiger charge is -2.01. The summed E-state index contributed by atoms with van der Waals surface area (Å²) in [6.45, 7) is 0.584. The standard InChI is InChI=1S/C15H15N/c16-12-4-5-13-8-10-15(11-9-13)14-6-2-1-3-7-14/h1-11H,12,16H2. The second-order valence-corrected chi connectivity index (χ2v) is 3.63. The van der Waals surface area contributed by atoms with Crippen molar-refractivity contribution in [3.63, 3.8) is 0 Å². The van der Waals surface area contributed by atoms with Crippen LogP contribution in [-0.4, -0.2) is 6.54 Å². The minimum absolute atomic E-state index is 0.584. The van der Waals surface area contributed by atoms with Crippen LogP contribution < -0.4 is 5.73 Å². The molecule has 0 saturated carbocycles. The summed E-state index contributed by atoms with van der Waals surface area (Å²) >= 11 is 0. The summed E-state index contributed by atoms with van der Waals surface area (Å²) < 4.78 is 0. The van der Waals surface area contributed by atoms with Crippen molar-refractivity contribution in [1.82, 2.24) is 0 Å². The van der Waals surface area contributed by atoms with Crippen LogP contribution in [0.5, 0.6) is 0 Å². The van der Waals surface area contributed by atoms with Gasteiger partial charge in [-0.2, -0.15) is 0 Å². The summed E-state index contributed by atoms with van der Waals surface area (Å²) in [5, 5.41) is 0. The molecule has 0 radical (unpaired) electrons. The van der Waals surface area contributed by atoms with Crippen molar-refractivity contribution in [2.75, 3.05) is 6.54 Å². The highest BCUT2D eigenvalue weighted by atomic mass is 14.5. The van der Waals surface area contributed by atoms with E-state index in [2.05, 4.69) is 48.5 Å². The molecule has 0 amide bonds. The van der Waals surface area contributed by atoms with Gasteiger partial charge < -0.3 is 5.73 Å². The van der Waals surface area contributed by atoms with Crippen molar-refractivity contribution in [2.24, 2.45) is 5.73 Å². The lowest BCUT2D eigenvalue weighted by Crippen LogP contribution is -1.91. The second-order valence-electron chi connectivity index (χ2n) is 3.63. The Morgan fingerprint density at radius 3 is 2.06 bits per heavy atom. The molecule has 0 aliphatic rings. The number of hydrogen-bond donors (Lipinski definition) is 1. The monoisotopic (exact) mass is 209 g/mol. The molecule has 0 aliphatic heterocycles. The van der Waals surface area contributed by atoms with E-state index in [0.717, 1.165) is 0 Å². The quantitative estimate of drug-likeness (QED) is 0.824. The summed E-state index contributed by atoms with van der Waals surface area (Å²) in [5.41, 5.74) is 9.08. The number of hydrogen-bond acceptors (Lipinski definition) is 1. The zero-order valence-corrected chi connectivity index (χ0v) is 9.14. The van der Waals surface area contributed by atoms with Crippen molar-refractivity contribution in [3.05, 3.63) is 66.2 Å². The van der Waals surface area contributed by atoms with Crippen LogP contribution in [0.2, 0.25) is 0 Å². The van der Waals surface area contributed by atoms with Gasteiger partial charge in [0.1, 0.15) is 0 Å². The van der Waals surface area contributed by atoms with Crippen LogP contribution in [0.1, 0.15) is 5.56 Å². The van der Waals surface area contributed by atoms with Crippen LogP contribution >= 0.6 is 0 Å². The molecule has 2 aromatic rings. The van der Waals surface area contributed by atoms with Crippen molar-refractivity contribution in [1.29, 1.82) is 0 Å². The number of rotatable bonds is 3. The third-order valence-electron chi connectivity index (χ3n) is 2.46. The molecule has 2 rings (SSSR count). The summed E-state index contributed by atoms with van der Waals surface area (Å²) in [6.07, 6.45) is 3.99. The fourth-order valence-electron chi connectivity index (χ4n) is 1.62. The van der Waals surface area contributed by atoms with Gasteiger partial charge in [0.25, 0.3) is 0 Å². The van der Waals surface area contributed by atoms with E-state index in [-0.39, 0.29) is 0 Å². The number of benzene rings is 2. The van der Waals surface area contributed by atoms with Gasteiger partial charge >= 0.3 is 0 Å². The maximum atomic E-state index is 5.41. The molecule has 0 aliphatic carbocycles. The molecule has 16 heavy (non-hydrogen) atoms. The van der Waals surface area contributed by atoms with Crippen LogP contribution in [0.3, 0.4) is 0 Å². The van der Waals surface area contributed by atoms with Gasteiger partial charge in [-0.05, 0) is 16.7 Å². The zero-order valence-electron chi connectivity index (χ0n) is 9.14. The molecule has 80 valence electrons. The lowest BCUT2D eigenvalue weighted by atomic mass is 10.0. The van der Waals surface area contributed by atoms with Gasteiger partial charge in [-0.1, -0.05) is 66.7 Å². The normalized spacial score (nSPS) is 10.8. The third-order valence-corrected chi connectivity index (χ3v) is 2.46. The van der Waals surface area contributed by atoms with E-state index in [9.17, 15) is 0 Å². The maximum Gasteiger partial charge on any atom is 0.0110 e. The highest BCUT2D eigenvalue weighted by molar-refractivity contribution is 5.65. The molecule has 1 nitrogen and oxygen atoms in total. The topological polar surface area (TPSA) is 26.0 Å². The van der Waals surface area contributed by atoms with Crippen LogP contribution in [-0.2, 0) is 0 Å². The van der Waals surface area contributed by atoms with Crippen molar-refractivity contribution >= 4 is 6.08 Å². The Morgan fingerprint density at radius 1 is 0.812 bits per heavy atom. The van der Waals surface area contributed by atoms with E-state index in [0.29, 0.717) is 6.54 Å². The molecule has 0 aromatic heterocycles. The smallest absolute Gasteiger partial charge is 0.0110 e. The molecule has 0 spiro atoms. The van der Waals surface area contributed by atoms with Gasteiger partial charge in [0.05, 0.1) is 0 Å². The highest BCUT2D eigenvalue weighted by Crippen LogP contribution is 2.19. The first-order valence-corrected chi connectivity index (χ1v) is 5.42. The summed E-state index contributed by atoms with van der Waals surface area (Å²) in [4.78, 5) is 0. The molecule has 2 N–H and O–H groups in total. The van der Waals surface area contributed by atoms with Crippen molar-refractivity contribution < 1.29 is 0 Å². The SMILES string of the molecule is NCC=Cc1ccc(-c2ccccc2)cc1. The molecular formula is C15H15N. The van der Waals surface area contributed by atoms with E-state index < -0.39 is 0 Å². The Hall–Kier alpha value is -1.86. The van der Waals surface area contributed by atoms with Crippen LogP contribution in [0, 0.1) is 0 Å². The second kappa shape index (κ2) is 5.29. The third kappa shape index (κ3) is 2.59. The minimum atomic E-state index is 0.584. The van der Waals surface area contributed by atoms with E-state index in [1.165, 1.54) is 16.7 Å². The molecule has 0 saturated heterocycles. The Bertz CT molecular complexity index is 455. The largest absolute Gasteiger partial charge is 0.327 e. The first-order valence-electron chi connectivity index (χ1n) is 5.42. The highest BCUT2D eigenvalue weighted by Gasteiger charge is 1.94. The molecule has 0 unspecified atom stereocenters. The van der Waals surface area contributed by atoms with E-state index in [4.69, 9.17) is 5.73 Å². The van der Waals surface area contributed by atoms with Gasteiger partial charge in [0.2, 0.25) is 0 Å². The first kappa shape index (κ1) is 10.7. The van der Waals surface area contributed by atoms with Crippen LogP contribution in [0.4, 0.5) is 0 Å². The average molecular weight is 209 g/mol. The summed E-state index contributed by atoms with van der Waals surface area (Å²) in [7, 11) is 0. The maximum absolute atomic E-state index is 5.41. The van der Waals surface area contributed by atoms with Gasteiger partial charge in [-0.25, -0.2) is 0 Å². The Balaban J connectivity index is 2.23. The van der Waals surface area contributed by atoms with Crippen LogP contribution in [0.25, 0.3) is 17.2 Å². The predicted octanol–water partition coefficient (Wildman–Crippen LogP) is 3.33. The fraction of sp³-hybridized carbons (Fsp3) is 0.0667. The Morgan fingerprint density at radius 2 is 1.44 bits per heavy atom. The van der Waals surface area contributed by atoms with Crippen molar-refractivity contribution in [3.8, 4) is 11.1 Å². The lowest BCUT2D eigenvalue weighted by molar-refractivity contribution is 1.26. The molecular weight excluding hydrogens is 194 g/mol. The Labute approximate surface area is 96.2 Å². The van der Waals surface area contributed by atoms with Gasteiger partial charge in [-0.15, -0.1) is 0 Å².